The molecule has 0 radical (unpaired) electrons. The molecule has 1 aliphatic carbocycles. The Morgan fingerprint density at radius 2 is 1.75 bits per heavy atom. The summed E-state index contributed by atoms with van der Waals surface area (Å²) in [5, 5.41) is 2.60. The van der Waals surface area contributed by atoms with Crippen LogP contribution in [0.15, 0.2) is 12.2 Å². The zero-order valence-corrected chi connectivity index (χ0v) is 12.1. The summed E-state index contributed by atoms with van der Waals surface area (Å²) in [5.41, 5.74) is -0.621. The maximum Gasteiger partial charge on any atom is 0.408 e. The summed E-state index contributed by atoms with van der Waals surface area (Å²) >= 11 is 0. The van der Waals surface area contributed by atoms with Crippen molar-refractivity contribution < 1.29 is 22.7 Å². The summed E-state index contributed by atoms with van der Waals surface area (Å²) in [7, 11) is 0. The smallest absolute Gasteiger partial charge is 0.408 e. The van der Waals surface area contributed by atoms with Crippen LogP contribution < -0.4 is 5.32 Å². The summed E-state index contributed by atoms with van der Waals surface area (Å²) in [4.78, 5) is 11.6. The monoisotopic (exact) mass is 293 g/mol. The van der Waals surface area contributed by atoms with E-state index in [1.165, 1.54) is 6.08 Å². The van der Waals surface area contributed by atoms with Gasteiger partial charge in [0.15, 0.2) is 0 Å². The van der Waals surface area contributed by atoms with E-state index in [4.69, 9.17) is 4.74 Å². The lowest BCUT2D eigenvalue weighted by atomic mass is 9.94. The number of rotatable bonds is 1. The molecule has 0 saturated carbocycles. The van der Waals surface area contributed by atoms with Crippen LogP contribution in [0, 0.1) is 5.92 Å². The molecule has 20 heavy (non-hydrogen) atoms. The molecular weight excluding hydrogens is 271 g/mol. The van der Waals surface area contributed by atoms with Crippen molar-refractivity contribution in [1.82, 2.24) is 5.32 Å². The molecule has 1 rings (SSSR count). The third kappa shape index (κ3) is 6.30. The molecule has 0 aliphatic heterocycles. The van der Waals surface area contributed by atoms with Crippen LogP contribution in [0.1, 0.15) is 46.5 Å². The van der Waals surface area contributed by atoms with Crippen molar-refractivity contribution in [2.24, 2.45) is 5.92 Å². The molecule has 116 valence electrons. The van der Waals surface area contributed by atoms with E-state index in [9.17, 15) is 18.0 Å². The molecule has 0 bridgehead atoms. The minimum Gasteiger partial charge on any atom is -0.444 e. The second kappa shape index (κ2) is 6.50. The molecule has 1 aliphatic rings. The fourth-order valence-electron chi connectivity index (χ4n) is 2.04. The first-order valence-electron chi connectivity index (χ1n) is 6.82. The second-order valence-electron chi connectivity index (χ2n) is 6.07. The van der Waals surface area contributed by atoms with Gasteiger partial charge in [-0.1, -0.05) is 25.0 Å². The summed E-state index contributed by atoms with van der Waals surface area (Å²) in [6, 6.07) is -0.407. The Bertz CT molecular complexity index is 358. The van der Waals surface area contributed by atoms with Crippen molar-refractivity contribution in [2.75, 3.05) is 0 Å². The van der Waals surface area contributed by atoms with E-state index in [0.717, 1.165) is 6.08 Å². The molecule has 0 heterocycles. The molecule has 6 heteroatoms. The van der Waals surface area contributed by atoms with Gasteiger partial charge in [0, 0.05) is 0 Å². The predicted molar refractivity (Wildman–Crippen MR) is 70.3 cm³/mol. The van der Waals surface area contributed by atoms with Crippen molar-refractivity contribution >= 4 is 6.09 Å². The Labute approximate surface area is 117 Å². The molecule has 2 atom stereocenters. The maximum atomic E-state index is 12.7. The zero-order chi connectivity index (χ0) is 15.4. The van der Waals surface area contributed by atoms with Crippen LogP contribution in [0.25, 0.3) is 0 Å². The second-order valence-corrected chi connectivity index (χ2v) is 6.07. The van der Waals surface area contributed by atoms with Crippen LogP contribution in [-0.2, 0) is 4.74 Å². The molecule has 0 unspecified atom stereocenters. The van der Waals surface area contributed by atoms with Crippen LogP contribution in [0.2, 0.25) is 0 Å². The lowest BCUT2D eigenvalue weighted by Crippen LogP contribution is -2.38. The lowest BCUT2D eigenvalue weighted by molar-refractivity contribution is -0.163. The highest BCUT2D eigenvalue weighted by atomic mass is 19.4. The number of alkyl carbamates (subject to hydrolysis) is 1. The largest absolute Gasteiger partial charge is 0.444 e. The third-order valence-corrected chi connectivity index (χ3v) is 2.98. The average molecular weight is 293 g/mol. The number of hydrogen-bond acceptors (Lipinski definition) is 2. The molecule has 0 aromatic carbocycles. The first-order chi connectivity index (χ1) is 9.08. The molecule has 0 fully saturated rings. The molecule has 1 amide bonds. The van der Waals surface area contributed by atoms with E-state index in [2.05, 4.69) is 5.32 Å². The number of ether oxygens (including phenoxy) is 1. The number of carbonyl (C=O) groups excluding carboxylic acids is 1. The van der Waals surface area contributed by atoms with E-state index in [-0.39, 0.29) is 6.42 Å². The van der Waals surface area contributed by atoms with Gasteiger partial charge in [0.05, 0.1) is 12.0 Å². The topological polar surface area (TPSA) is 38.3 Å². The first kappa shape index (κ1) is 16.9. The van der Waals surface area contributed by atoms with Gasteiger partial charge in [-0.05, 0) is 33.6 Å². The molecular formula is C14H22F3NO2. The Morgan fingerprint density at radius 3 is 2.30 bits per heavy atom. The predicted octanol–water partition coefficient (Wildman–Crippen LogP) is 4.19. The third-order valence-electron chi connectivity index (χ3n) is 2.98. The van der Waals surface area contributed by atoms with E-state index in [1.807, 2.05) is 0 Å². The van der Waals surface area contributed by atoms with Gasteiger partial charge >= 0.3 is 12.3 Å². The summed E-state index contributed by atoms with van der Waals surface area (Å²) in [6.45, 7) is 5.21. The van der Waals surface area contributed by atoms with Gasteiger partial charge in [-0.25, -0.2) is 4.79 Å². The van der Waals surface area contributed by atoms with Gasteiger partial charge < -0.3 is 10.1 Å². The van der Waals surface area contributed by atoms with Crippen molar-refractivity contribution in [2.45, 2.75) is 64.3 Å². The number of hydrogen-bond donors (Lipinski definition) is 1. The van der Waals surface area contributed by atoms with Gasteiger partial charge in [-0.15, -0.1) is 0 Å². The molecule has 1 N–H and O–H groups in total. The number of allylic oxidation sites excluding steroid dienone is 1. The highest BCUT2D eigenvalue weighted by molar-refractivity contribution is 5.68. The van der Waals surface area contributed by atoms with Crippen LogP contribution in [-0.4, -0.2) is 23.9 Å². The highest BCUT2D eigenvalue weighted by Crippen LogP contribution is 2.32. The summed E-state index contributed by atoms with van der Waals surface area (Å²) < 4.78 is 43.2. The van der Waals surface area contributed by atoms with Crippen molar-refractivity contribution in [3.63, 3.8) is 0 Å². The minimum atomic E-state index is -4.22. The van der Waals surface area contributed by atoms with E-state index < -0.39 is 29.8 Å². The number of carbonyl (C=O) groups is 1. The van der Waals surface area contributed by atoms with Crippen molar-refractivity contribution in [1.29, 1.82) is 0 Å². The van der Waals surface area contributed by atoms with Crippen LogP contribution >= 0.6 is 0 Å². The Hall–Kier alpha value is -1.20. The quantitative estimate of drug-likeness (QED) is 0.736. The average Bonchev–Trinajstić information content (AvgIpc) is 2.17. The number of halogens is 3. The van der Waals surface area contributed by atoms with Gasteiger partial charge in [-0.3, -0.25) is 0 Å². The molecule has 0 aromatic rings. The van der Waals surface area contributed by atoms with Gasteiger partial charge in [-0.2, -0.15) is 13.2 Å². The van der Waals surface area contributed by atoms with Crippen molar-refractivity contribution in [3.8, 4) is 0 Å². The highest BCUT2D eigenvalue weighted by Gasteiger charge is 2.37. The molecule has 0 spiro atoms. The van der Waals surface area contributed by atoms with E-state index in [1.54, 1.807) is 20.8 Å². The zero-order valence-electron chi connectivity index (χ0n) is 12.1. The summed E-state index contributed by atoms with van der Waals surface area (Å²) in [5.74, 6) is -1.43. The van der Waals surface area contributed by atoms with E-state index >= 15 is 0 Å². The lowest BCUT2D eigenvalue weighted by Gasteiger charge is -2.24. The number of nitrogens with one attached hydrogen (secondary N) is 1. The molecule has 0 saturated heterocycles. The number of alkyl halides is 3. The first-order valence-corrected chi connectivity index (χ1v) is 6.82. The van der Waals surface area contributed by atoms with Gasteiger partial charge in [0.25, 0.3) is 0 Å². The van der Waals surface area contributed by atoms with Crippen molar-refractivity contribution in [3.05, 3.63) is 12.2 Å². The van der Waals surface area contributed by atoms with Crippen LogP contribution in [0.4, 0.5) is 18.0 Å². The fraction of sp³-hybridized carbons (Fsp3) is 0.786. The van der Waals surface area contributed by atoms with Crippen LogP contribution in [0.3, 0.4) is 0 Å². The maximum absolute atomic E-state index is 12.7. The van der Waals surface area contributed by atoms with Gasteiger partial charge in [0.2, 0.25) is 0 Å². The number of amides is 1. The van der Waals surface area contributed by atoms with Crippen LogP contribution in [0.5, 0.6) is 0 Å². The fourth-order valence-corrected chi connectivity index (χ4v) is 2.04. The Balaban J connectivity index is 2.62. The SMILES string of the molecule is CC(C)(C)OC(=O)N[C@H]1/C=C\[C@H](C(F)(F)F)CCCC1. The minimum absolute atomic E-state index is 0.110. The Kier molecular flexibility index (Phi) is 5.48. The molecule has 0 aromatic heterocycles. The molecule has 3 nitrogen and oxygen atoms in total. The van der Waals surface area contributed by atoms with Gasteiger partial charge in [0.1, 0.15) is 5.60 Å². The normalized spacial score (nSPS) is 26.3. The van der Waals surface area contributed by atoms with E-state index in [0.29, 0.717) is 19.3 Å². The standard InChI is InChI=1S/C14H22F3NO2/c1-13(2,3)20-12(19)18-11-7-5-4-6-10(8-9-11)14(15,16)17/h8-11H,4-7H2,1-3H3,(H,18,19)/b9-8-/t10-,11-/m1/s1. The summed E-state index contributed by atoms with van der Waals surface area (Å²) in [6.07, 6.45) is -0.346. The Morgan fingerprint density at radius 1 is 1.15 bits per heavy atom.